The highest BCUT2D eigenvalue weighted by atomic mass is 35.5. The monoisotopic (exact) mass is 291 g/mol. The second-order valence-corrected chi connectivity index (χ2v) is 4.95. The van der Waals surface area contributed by atoms with Gasteiger partial charge in [0.2, 0.25) is 5.91 Å². The van der Waals surface area contributed by atoms with Gasteiger partial charge in [0.05, 0.1) is 27.2 Å². The zero-order valence-electron chi connectivity index (χ0n) is 8.67. The molecule has 0 unspecified atom stereocenters. The first-order valence-corrected chi connectivity index (χ1v) is 6.09. The Labute approximate surface area is 113 Å². The number of carbonyl (C=O) groups excluding carboxylic acids is 2. The van der Waals surface area contributed by atoms with Gasteiger partial charge in [-0.25, -0.2) is 0 Å². The third kappa shape index (κ3) is 2.57. The minimum absolute atomic E-state index is 0.0533. The maximum absolute atomic E-state index is 11.7. The summed E-state index contributed by atoms with van der Waals surface area (Å²) in [5.74, 6) is -0.316. The van der Waals surface area contributed by atoms with Gasteiger partial charge in [0.1, 0.15) is 5.78 Å². The Balaban J connectivity index is 2.37. The van der Waals surface area contributed by atoms with Crippen molar-refractivity contribution in [1.29, 1.82) is 0 Å². The van der Waals surface area contributed by atoms with Gasteiger partial charge >= 0.3 is 0 Å². The van der Waals surface area contributed by atoms with Gasteiger partial charge in [0.25, 0.3) is 0 Å². The largest absolute Gasteiger partial charge is 0.310 e. The summed E-state index contributed by atoms with van der Waals surface area (Å²) in [4.78, 5) is 24.3. The molecule has 0 atom stereocenters. The van der Waals surface area contributed by atoms with E-state index in [1.54, 1.807) is 6.07 Å². The van der Waals surface area contributed by atoms with Crippen LogP contribution >= 0.6 is 34.8 Å². The molecular formula is C11H8Cl3NO2. The fraction of sp³-hybridized carbons (Fsp3) is 0.273. The van der Waals surface area contributed by atoms with E-state index in [4.69, 9.17) is 34.8 Å². The van der Waals surface area contributed by atoms with Gasteiger partial charge in [-0.15, -0.1) is 0 Å². The summed E-state index contributed by atoms with van der Waals surface area (Å²) in [5, 5.41) is 1.01. The van der Waals surface area contributed by atoms with Crippen LogP contribution in [-0.4, -0.2) is 18.2 Å². The van der Waals surface area contributed by atoms with Crippen molar-refractivity contribution in [3.63, 3.8) is 0 Å². The highest BCUT2D eigenvalue weighted by Crippen LogP contribution is 2.35. The average molecular weight is 293 g/mol. The highest BCUT2D eigenvalue weighted by molar-refractivity contribution is 6.44. The normalized spacial score (nSPS) is 16.5. The lowest BCUT2D eigenvalue weighted by atomic mass is 10.1. The van der Waals surface area contributed by atoms with Crippen LogP contribution in [0.5, 0.6) is 0 Å². The van der Waals surface area contributed by atoms with Crippen LogP contribution in [0.15, 0.2) is 12.1 Å². The fourth-order valence-electron chi connectivity index (χ4n) is 1.69. The molecule has 0 spiro atoms. The summed E-state index contributed by atoms with van der Waals surface area (Å²) in [7, 11) is 0. The Morgan fingerprint density at radius 1 is 1.00 bits per heavy atom. The Kier molecular flexibility index (Phi) is 3.61. The topological polar surface area (TPSA) is 37.4 Å². The maximum atomic E-state index is 11.7. The number of anilines is 1. The van der Waals surface area contributed by atoms with Gasteiger partial charge in [-0.05, 0) is 12.1 Å². The number of hydrogen-bond acceptors (Lipinski definition) is 2. The molecule has 1 heterocycles. The van der Waals surface area contributed by atoms with Crippen LogP contribution in [0.1, 0.15) is 12.8 Å². The summed E-state index contributed by atoms with van der Waals surface area (Å²) in [6.07, 6.45) is 0.249. The van der Waals surface area contributed by atoms with E-state index < -0.39 is 0 Å². The average Bonchev–Trinajstić information content (AvgIpc) is 2.24. The van der Waals surface area contributed by atoms with Crippen molar-refractivity contribution >= 4 is 52.2 Å². The van der Waals surface area contributed by atoms with Crippen molar-refractivity contribution in [3.8, 4) is 0 Å². The maximum Gasteiger partial charge on any atom is 0.234 e. The predicted octanol–water partition coefficient (Wildman–Crippen LogP) is 3.34. The summed E-state index contributed by atoms with van der Waals surface area (Å²) in [5.41, 5.74) is 0.499. The van der Waals surface area contributed by atoms with Crippen LogP contribution in [0.25, 0.3) is 0 Å². The Morgan fingerprint density at radius 2 is 1.65 bits per heavy atom. The van der Waals surface area contributed by atoms with Crippen LogP contribution in [0.3, 0.4) is 0 Å². The first-order valence-electron chi connectivity index (χ1n) is 4.95. The predicted molar refractivity (Wildman–Crippen MR) is 68.1 cm³/mol. The molecule has 90 valence electrons. The molecule has 0 radical (unpaired) electrons. The van der Waals surface area contributed by atoms with Crippen LogP contribution in [0, 0.1) is 0 Å². The smallest absolute Gasteiger partial charge is 0.234 e. The van der Waals surface area contributed by atoms with Crippen molar-refractivity contribution in [2.45, 2.75) is 12.8 Å². The Bertz CT molecular complexity index is 502. The minimum atomic E-state index is -0.262. The van der Waals surface area contributed by atoms with E-state index in [1.807, 2.05) is 0 Å². The molecule has 0 aromatic heterocycles. The number of piperidine rings is 1. The number of halogens is 3. The summed E-state index contributed by atoms with van der Waals surface area (Å²) < 4.78 is 0. The van der Waals surface area contributed by atoms with E-state index in [0.29, 0.717) is 33.7 Å². The first-order chi connectivity index (χ1) is 7.99. The summed E-state index contributed by atoms with van der Waals surface area (Å²) in [6.45, 7) is 0.329. The van der Waals surface area contributed by atoms with E-state index in [1.165, 1.54) is 11.0 Å². The summed E-state index contributed by atoms with van der Waals surface area (Å²) >= 11 is 17.7. The third-order valence-corrected chi connectivity index (χ3v) is 3.57. The lowest BCUT2D eigenvalue weighted by Gasteiger charge is -2.27. The standard InChI is InChI=1S/C11H8Cl3NO2/c12-7-4-9(14)10(5-8(7)13)15-2-1-6(16)3-11(15)17/h4-5H,1-3H2. The fourth-order valence-corrected chi connectivity index (χ4v) is 2.33. The summed E-state index contributed by atoms with van der Waals surface area (Å²) in [6, 6.07) is 3.03. The lowest BCUT2D eigenvalue weighted by molar-refractivity contribution is -0.128. The van der Waals surface area contributed by atoms with Gasteiger partial charge in [-0.2, -0.15) is 0 Å². The van der Waals surface area contributed by atoms with Crippen LogP contribution in [-0.2, 0) is 9.59 Å². The van der Waals surface area contributed by atoms with Gasteiger partial charge in [-0.1, -0.05) is 34.8 Å². The van der Waals surface area contributed by atoms with Crippen molar-refractivity contribution < 1.29 is 9.59 Å². The number of hydrogen-bond donors (Lipinski definition) is 0. The number of rotatable bonds is 1. The lowest BCUT2D eigenvalue weighted by Crippen LogP contribution is -2.39. The van der Waals surface area contributed by atoms with Crippen molar-refractivity contribution in [2.75, 3.05) is 11.4 Å². The number of nitrogens with zero attached hydrogens (tertiary/aromatic N) is 1. The number of amides is 1. The molecule has 6 heteroatoms. The number of ketones is 1. The van der Waals surface area contributed by atoms with Gasteiger partial charge in [-0.3, -0.25) is 9.59 Å². The molecule has 17 heavy (non-hydrogen) atoms. The number of Topliss-reactive ketones (excluding diaryl/α,β-unsaturated/α-hetero) is 1. The molecule has 1 aromatic carbocycles. The number of benzene rings is 1. The zero-order chi connectivity index (χ0) is 12.6. The molecule has 1 fully saturated rings. The third-order valence-electron chi connectivity index (χ3n) is 2.54. The van der Waals surface area contributed by atoms with Gasteiger partial charge in [0.15, 0.2) is 0 Å². The van der Waals surface area contributed by atoms with Crippen molar-refractivity contribution in [1.82, 2.24) is 0 Å². The Morgan fingerprint density at radius 3 is 2.29 bits per heavy atom. The van der Waals surface area contributed by atoms with E-state index in [0.717, 1.165) is 0 Å². The molecule has 3 nitrogen and oxygen atoms in total. The molecule has 2 rings (SSSR count). The van der Waals surface area contributed by atoms with E-state index in [9.17, 15) is 9.59 Å². The van der Waals surface area contributed by atoms with E-state index in [-0.39, 0.29) is 18.1 Å². The molecule has 1 aliphatic rings. The number of carbonyl (C=O) groups is 2. The molecule has 1 aromatic rings. The van der Waals surface area contributed by atoms with Gasteiger partial charge in [0, 0.05) is 13.0 Å². The first kappa shape index (κ1) is 12.7. The molecule has 0 aliphatic carbocycles. The van der Waals surface area contributed by atoms with E-state index >= 15 is 0 Å². The van der Waals surface area contributed by atoms with Gasteiger partial charge < -0.3 is 4.90 Å². The van der Waals surface area contributed by atoms with Crippen molar-refractivity contribution in [3.05, 3.63) is 27.2 Å². The highest BCUT2D eigenvalue weighted by Gasteiger charge is 2.26. The zero-order valence-corrected chi connectivity index (χ0v) is 10.9. The molecule has 0 N–H and O–H groups in total. The molecule has 1 saturated heterocycles. The minimum Gasteiger partial charge on any atom is -0.310 e. The molecule has 0 bridgehead atoms. The van der Waals surface area contributed by atoms with Crippen LogP contribution < -0.4 is 4.90 Å². The quantitative estimate of drug-likeness (QED) is 0.588. The molecule has 1 aliphatic heterocycles. The second kappa shape index (κ2) is 4.84. The van der Waals surface area contributed by atoms with Crippen LogP contribution in [0.2, 0.25) is 15.1 Å². The molecular weight excluding hydrogens is 284 g/mol. The van der Waals surface area contributed by atoms with Crippen molar-refractivity contribution in [2.24, 2.45) is 0 Å². The Hall–Kier alpha value is -0.770. The second-order valence-electron chi connectivity index (χ2n) is 3.73. The molecule has 0 saturated carbocycles. The SMILES string of the molecule is O=C1CCN(c2cc(Cl)c(Cl)cc2Cl)C(=O)C1. The van der Waals surface area contributed by atoms with Crippen LogP contribution in [0.4, 0.5) is 5.69 Å². The molecule has 1 amide bonds. The van der Waals surface area contributed by atoms with E-state index in [2.05, 4.69) is 0 Å².